The molecule has 5 rings (SSSR count). The zero-order valence-electron chi connectivity index (χ0n) is 20.3. The number of nitrogens with one attached hydrogen (secondary N) is 1. The van der Waals surface area contributed by atoms with Gasteiger partial charge in [0.2, 0.25) is 0 Å². The van der Waals surface area contributed by atoms with Gasteiger partial charge in [-0.25, -0.2) is 10.1 Å². The molecule has 2 aromatic heterocycles. The molecule has 190 valence electrons. The van der Waals surface area contributed by atoms with Gasteiger partial charge in [0.15, 0.2) is 17.2 Å². The third-order valence-corrected chi connectivity index (χ3v) is 6.44. The molecule has 0 radical (unpaired) electrons. The van der Waals surface area contributed by atoms with E-state index in [0.29, 0.717) is 32.4 Å². The van der Waals surface area contributed by atoms with Crippen LogP contribution in [-0.4, -0.2) is 39.1 Å². The van der Waals surface area contributed by atoms with Crippen molar-refractivity contribution in [1.82, 2.24) is 20.2 Å². The van der Waals surface area contributed by atoms with E-state index in [4.69, 9.17) is 33.0 Å². The molecule has 0 fully saturated rings. The van der Waals surface area contributed by atoms with Crippen LogP contribution >= 0.6 is 23.2 Å². The Morgan fingerprint density at radius 3 is 2.58 bits per heavy atom. The number of rotatable bonds is 6. The van der Waals surface area contributed by atoms with Gasteiger partial charge in [-0.3, -0.25) is 9.78 Å². The first-order chi connectivity index (χ1) is 18.4. The van der Waals surface area contributed by atoms with E-state index < -0.39 is 5.91 Å². The maximum atomic E-state index is 13.2. The molecular weight excluding hydrogens is 525 g/mol. The smallest absolute Gasteiger partial charge is 0.292 e. The van der Waals surface area contributed by atoms with E-state index in [2.05, 4.69) is 15.5 Å². The zero-order chi connectivity index (χ0) is 26.8. The molecule has 3 aromatic carbocycles. The topological polar surface area (TPSA) is 102 Å². The summed E-state index contributed by atoms with van der Waals surface area (Å²) in [6.45, 7) is 1.83. The Balaban J connectivity index is 1.56. The van der Waals surface area contributed by atoms with Gasteiger partial charge in [-0.05, 0) is 67.1 Å². The van der Waals surface area contributed by atoms with E-state index in [1.165, 1.54) is 19.4 Å². The quantitative estimate of drug-likeness (QED) is 0.196. The second-order valence-corrected chi connectivity index (χ2v) is 9.24. The van der Waals surface area contributed by atoms with E-state index in [9.17, 15) is 9.90 Å². The lowest BCUT2D eigenvalue weighted by molar-refractivity contribution is 0.0949. The van der Waals surface area contributed by atoms with Crippen LogP contribution in [0.15, 0.2) is 78.0 Å². The summed E-state index contributed by atoms with van der Waals surface area (Å²) in [5.41, 5.74) is 7.02. The molecule has 0 atom stereocenters. The summed E-state index contributed by atoms with van der Waals surface area (Å²) < 4.78 is 6.83. The van der Waals surface area contributed by atoms with Gasteiger partial charge in [-0.2, -0.15) is 10.2 Å². The summed E-state index contributed by atoms with van der Waals surface area (Å²) >= 11 is 12.3. The number of aromatic nitrogens is 3. The van der Waals surface area contributed by atoms with Crippen LogP contribution in [0.25, 0.3) is 27.8 Å². The lowest BCUT2D eigenvalue weighted by atomic mass is 10.1. The SMILES string of the molecule is COc1cc(/C=N/NC(=O)c2nn(-c3ccnc4cc(Cl)ccc34)c(-c3ccc(Cl)cc3)c2C)ccc1O. The number of methoxy groups -OCH3 is 1. The first-order valence-electron chi connectivity index (χ1n) is 11.5. The maximum absolute atomic E-state index is 13.2. The maximum Gasteiger partial charge on any atom is 0.292 e. The van der Waals surface area contributed by atoms with E-state index in [1.807, 2.05) is 31.2 Å². The van der Waals surface area contributed by atoms with Crippen molar-refractivity contribution in [3.8, 4) is 28.4 Å². The van der Waals surface area contributed by atoms with Crippen LogP contribution in [0.3, 0.4) is 0 Å². The minimum Gasteiger partial charge on any atom is -0.504 e. The highest BCUT2D eigenvalue weighted by Crippen LogP contribution is 2.32. The van der Waals surface area contributed by atoms with Crippen molar-refractivity contribution in [3.63, 3.8) is 0 Å². The number of benzene rings is 3. The van der Waals surface area contributed by atoms with Crippen LogP contribution in [0.2, 0.25) is 10.0 Å². The Morgan fingerprint density at radius 2 is 1.82 bits per heavy atom. The summed E-state index contributed by atoms with van der Waals surface area (Å²) in [5.74, 6) is -0.177. The third-order valence-electron chi connectivity index (χ3n) is 5.95. The Hall–Kier alpha value is -4.40. The molecule has 0 saturated heterocycles. The second kappa shape index (κ2) is 10.5. The molecule has 1 amide bonds. The molecule has 0 aliphatic carbocycles. The van der Waals surface area contributed by atoms with Gasteiger partial charge in [0.25, 0.3) is 5.91 Å². The van der Waals surface area contributed by atoms with Gasteiger partial charge in [0.05, 0.1) is 30.2 Å². The molecule has 10 heteroatoms. The lowest BCUT2D eigenvalue weighted by Crippen LogP contribution is -2.19. The van der Waals surface area contributed by atoms with Gasteiger partial charge in [0.1, 0.15) is 0 Å². The van der Waals surface area contributed by atoms with Crippen LogP contribution < -0.4 is 10.2 Å². The minimum atomic E-state index is -0.486. The first kappa shape index (κ1) is 25.3. The standard InChI is InChI=1S/C28H21Cl2N5O3/c1-16-26(28(37)33-32-15-17-3-10-24(36)25(13-17)38-2)34-35(27(16)18-4-6-19(29)7-5-18)23-11-12-31-22-14-20(30)8-9-21(22)23/h3-15,36H,1-2H3,(H,33,37)/b32-15+. The number of pyridine rings is 1. The summed E-state index contributed by atoms with van der Waals surface area (Å²) in [6, 6.07) is 19.3. The van der Waals surface area contributed by atoms with Crippen LogP contribution in [0.1, 0.15) is 21.6 Å². The number of phenolic OH excluding ortho intramolecular Hbond substituents is 1. The van der Waals surface area contributed by atoms with Crippen LogP contribution in [0.4, 0.5) is 0 Å². The monoisotopic (exact) mass is 545 g/mol. The molecule has 38 heavy (non-hydrogen) atoms. The Bertz CT molecular complexity index is 1700. The second-order valence-electron chi connectivity index (χ2n) is 8.36. The first-order valence-corrected chi connectivity index (χ1v) is 12.2. The van der Waals surface area contributed by atoms with Gasteiger partial charge >= 0.3 is 0 Å². The average Bonchev–Trinajstić information content (AvgIpc) is 3.26. The Morgan fingerprint density at radius 1 is 1.05 bits per heavy atom. The van der Waals surface area contributed by atoms with Crippen molar-refractivity contribution in [1.29, 1.82) is 0 Å². The summed E-state index contributed by atoms with van der Waals surface area (Å²) in [5, 5.41) is 20.5. The predicted octanol–water partition coefficient (Wildman–Crippen LogP) is 6.18. The van der Waals surface area contributed by atoms with Crippen molar-refractivity contribution in [2.24, 2.45) is 5.10 Å². The number of amides is 1. The zero-order valence-corrected chi connectivity index (χ0v) is 21.8. The van der Waals surface area contributed by atoms with Crippen molar-refractivity contribution >= 4 is 46.2 Å². The van der Waals surface area contributed by atoms with Crippen LogP contribution in [0, 0.1) is 6.92 Å². The highest BCUT2D eigenvalue weighted by molar-refractivity contribution is 6.31. The van der Waals surface area contributed by atoms with Gasteiger partial charge in [0, 0.05) is 32.8 Å². The number of nitrogens with zero attached hydrogens (tertiary/aromatic N) is 4. The van der Waals surface area contributed by atoms with Crippen LogP contribution in [-0.2, 0) is 0 Å². The average molecular weight is 546 g/mol. The van der Waals surface area contributed by atoms with E-state index in [-0.39, 0.29) is 11.4 Å². The molecular formula is C28H21Cl2N5O3. The normalized spacial score (nSPS) is 11.3. The number of carbonyl (C=O) groups is 1. The molecule has 5 aromatic rings. The van der Waals surface area contributed by atoms with Gasteiger partial charge in [-0.1, -0.05) is 35.3 Å². The molecule has 0 spiro atoms. The molecule has 2 heterocycles. The summed E-state index contributed by atoms with van der Waals surface area (Å²) in [7, 11) is 1.45. The fourth-order valence-corrected chi connectivity index (χ4v) is 4.41. The molecule has 8 nitrogen and oxygen atoms in total. The number of halogens is 2. The lowest BCUT2D eigenvalue weighted by Gasteiger charge is -2.11. The molecule has 0 aliphatic rings. The van der Waals surface area contributed by atoms with Crippen molar-refractivity contribution < 1.29 is 14.6 Å². The van der Waals surface area contributed by atoms with Gasteiger partial charge in [-0.15, -0.1) is 0 Å². The Kier molecular flexibility index (Phi) is 7.00. The molecule has 2 N–H and O–H groups in total. The number of phenols is 1. The number of fused-ring (bicyclic) bond motifs is 1. The Labute approximate surface area is 228 Å². The minimum absolute atomic E-state index is 0.00971. The third kappa shape index (κ3) is 4.91. The molecule has 0 saturated carbocycles. The van der Waals surface area contributed by atoms with Crippen molar-refractivity contribution in [3.05, 3.63) is 99.8 Å². The molecule has 0 bridgehead atoms. The van der Waals surface area contributed by atoms with Gasteiger partial charge < -0.3 is 9.84 Å². The highest BCUT2D eigenvalue weighted by atomic mass is 35.5. The van der Waals surface area contributed by atoms with E-state index >= 15 is 0 Å². The number of hydrogen-bond donors (Lipinski definition) is 2. The number of aromatic hydroxyl groups is 1. The largest absolute Gasteiger partial charge is 0.504 e. The number of hydrogen-bond acceptors (Lipinski definition) is 6. The number of ether oxygens (including phenoxy) is 1. The van der Waals surface area contributed by atoms with E-state index in [1.54, 1.807) is 47.3 Å². The fraction of sp³-hybridized carbons (Fsp3) is 0.0714. The van der Waals surface area contributed by atoms with Crippen molar-refractivity contribution in [2.45, 2.75) is 6.92 Å². The summed E-state index contributed by atoms with van der Waals surface area (Å²) in [4.78, 5) is 17.6. The summed E-state index contributed by atoms with van der Waals surface area (Å²) in [6.07, 6.45) is 3.12. The molecule has 0 unspecified atom stereocenters. The highest BCUT2D eigenvalue weighted by Gasteiger charge is 2.23. The number of hydrazone groups is 1. The molecule has 0 aliphatic heterocycles. The predicted molar refractivity (Wildman–Crippen MR) is 149 cm³/mol. The van der Waals surface area contributed by atoms with Crippen molar-refractivity contribution in [2.75, 3.05) is 7.11 Å². The fourth-order valence-electron chi connectivity index (χ4n) is 4.12. The number of carbonyl (C=O) groups excluding carboxylic acids is 1. The van der Waals surface area contributed by atoms with Crippen LogP contribution in [0.5, 0.6) is 11.5 Å². The van der Waals surface area contributed by atoms with E-state index in [0.717, 1.165) is 22.3 Å².